The molecule has 1 heterocycles. The molecular formula is C23H33N3O3. The topological polar surface area (TPSA) is 65.8 Å². The Bertz CT molecular complexity index is 798. The average Bonchev–Trinajstić information content (AvgIpc) is 3.19. The molecule has 0 radical (unpaired) electrons. The molecule has 0 saturated heterocycles. The predicted octanol–water partition coefficient (Wildman–Crippen LogP) is 4.77. The summed E-state index contributed by atoms with van der Waals surface area (Å²) in [5.41, 5.74) is 2.74. The molecule has 0 atom stereocenters. The Kier molecular flexibility index (Phi) is 8.31. The summed E-state index contributed by atoms with van der Waals surface area (Å²) in [6, 6.07) is 9.26. The Balaban J connectivity index is 2.28. The fourth-order valence-electron chi connectivity index (χ4n) is 3.21. The van der Waals surface area contributed by atoms with Gasteiger partial charge in [0.2, 0.25) is 5.91 Å². The number of nitrogens with zero attached hydrogens (tertiary/aromatic N) is 2. The summed E-state index contributed by atoms with van der Waals surface area (Å²) in [6.07, 6.45) is 3.88. The van der Waals surface area contributed by atoms with Crippen molar-refractivity contribution >= 4 is 23.2 Å². The van der Waals surface area contributed by atoms with Crippen molar-refractivity contribution in [2.75, 3.05) is 30.9 Å². The molecule has 158 valence electrons. The van der Waals surface area contributed by atoms with Crippen molar-refractivity contribution in [3.05, 3.63) is 47.9 Å². The number of nitrogens with one attached hydrogen (secondary N) is 1. The van der Waals surface area contributed by atoms with E-state index in [2.05, 4.69) is 26.1 Å². The molecule has 0 aliphatic rings. The Labute approximate surface area is 173 Å². The second kappa shape index (κ2) is 10.7. The highest BCUT2D eigenvalue weighted by Gasteiger charge is 2.21. The van der Waals surface area contributed by atoms with Crippen LogP contribution in [0.2, 0.25) is 0 Å². The highest BCUT2D eigenvalue weighted by Crippen LogP contribution is 2.26. The zero-order valence-corrected chi connectivity index (χ0v) is 18.2. The number of hydrogen-bond acceptors (Lipinski definition) is 4. The van der Waals surface area contributed by atoms with Crippen molar-refractivity contribution in [1.82, 2.24) is 4.90 Å². The Morgan fingerprint density at radius 2 is 1.93 bits per heavy atom. The molecule has 0 saturated carbocycles. The van der Waals surface area contributed by atoms with E-state index in [-0.39, 0.29) is 11.8 Å². The highest BCUT2D eigenvalue weighted by atomic mass is 16.3. The second-order valence-electron chi connectivity index (χ2n) is 7.95. The number of rotatable bonds is 10. The van der Waals surface area contributed by atoms with Crippen LogP contribution in [0.1, 0.15) is 56.2 Å². The molecular weight excluding hydrogens is 366 g/mol. The third-order valence-corrected chi connectivity index (χ3v) is 4.57. The third-order valence-electron chi connectivity index (χ3n) is 4.57. The maximum atomic E-state index is 13.0. The van der Waals surface area contributed by atoms with Gasteiger partial charge in [0, 0.05) is 45.0 Å². The van der Waals surface area contributed by atoms with Gasteiger partial charge in [-0.3, -0.25) is 9.59 Å². The molecule has 1 N–H and O–H groups in total. The first-order chi connectivity index (χ1) is 13.8. The van der Waals surface area contributed by atoms with Crippen molar-refractivity contribution in [2.24, 2.45) is 5.92 Å². The monoisotopic (exact) mass is 399 g/mol. The maximum absolute atomic E-state index is 13.0. The fourth-order valence-corrected chi connectivity index (χ4v) is 3.21. The molecule has 1 aromatic heterocycles. The van der Waals surface area contributed by atoms with Crippen LogP contribution in [-0.2, 0) is 11.3 Å². The van der Waals surface area contributed by atoms with E-state index < -0.39 is 0 Å². The van der Waals surface area contributed by atoms with Crippen molar-refractivity contribution < 1.29 is 14.0 Å². The summed E-state index contributed by atoms with van der Waals surface area (Å²) in [4.78, 5) is 28.9. The highest BCUT2D eigenvalue weighted by molar-refractivity contribution is 5.92. The van der Waals surface area contributed by atoms with Gasteiger partial charge in [0.1, 0.15) is 0 Å². The lowest BCUT2D eigenvalue weighted by molar-refractivity contribution is -0.116. The van der Waals surface area contributed by atoms with E-state index in [9.17, 15) is 9.59 Å². The van der Waals surface area contributed by atoms with Gasteiger partial charge in [-0.15, -0.1) is 0 Å². The fraction of sp³-hybridized carbons (Fsp3) is 0.478. The van der Waals surface area contributed by atoms with E-state index in [0.717, 1.165) is 29.8 Å². The lowest BCUT2D eigenvalue weighted by Gasteiger charge is -2.27. The molecule has 0 unspecified atom stereocenters. The Morgan fingerprint density at radius 3 is 2.52 bits per heavy atom. The van der Waals surface area contributed by atoms with Crippen molar-refractivity contribution in [3.63, 3.8) is 0 Å². The molecule has 6 heteroatoms. The molecule has 2 aromatic rings. The zero-order chi connectivity index (χ0) is 21.4. The van der Waals surface area contributed by atoms with Crippen LogP contribution in [-0.4, -0.2) is 37.4 Å². The minimum atomic E-state index is -0.134. The van der Waals surface area contributed by atoms with E-state index in [4.69, 9.17) is 4.42 Å². The SMILES string of the molecule is CCCCC(=O)Nc1ccc(N(C)C)c(CN(CC(C)C)C(=O)c2ccco2)c1. The smallest absolute Gasteiger partial charge is 0.289 e. The van der Waals surface area contributed by atoms with E-state index >= 15 is 0 Å². The molecule has 6 nitrogen and oxygen atoms in total. The van der Waals surface area contributed by atoms with Gasteiger partial charge in [-0.05, 0) is 48.2 Å². The number of anilines is 2. The second-order valence-corrected chi connectivity index (χ2v) is 7.95. The first-order valence-corrected chi connectivity index (χ1v) is 10.2. The summed E-state index contributed by atoms with van der Waals surface area (Å²) < 4.78 is 5.33. The number of carbonyl (C=O) groups is 2. The first kappa shape index (κ1) is 22.5. The summed E-state index contributed by atoms with van der Waals surface area (Å²) in [5, 5.41) is 2.97. The van der Waals surface area contributed by atoms with Gasteiger partial charge in [0.05, 0.1) is 6.26 Å². The van der Waals surface area contributed by atoms with Crippen molar-refractivity contribution in [1.29, 1.82) is 0 Å². The van der Waals surface area contributed by atoms with Crippen LogP contribution in [0.25, 0.3) is 0 Å². The quantitative estimate of drug-likeness (QED) is 0.625. The average molecular weight is 400 g/mol. The first-order valence-electron chi connectivity index (χ1n) is 10.2. The van der Waals surface area contributed by atoms with Gasteiger partial charge >= 0.3 is 0 Å². The van der Waals surface area contributed by atoms with Crippen molar-refractivity contribution in [3.8, 4) is 0 Å². The van der Waals surface area contributed by atoms with Gasteiger partial charge in [0.25, 0.3) is 5.91 Å². The summed E-state index contributed by atoms with van der Waals surface area (Å²) in [6.45, 7) is 7.28. The molecule has 1 aromatic carbocycles. The van der Waals surface area contributed by atoms with Gasteiger partial charge in [-0.1, -0.05) is 27.2 Å². The van der Waals surface area contributed by atoms with Crippen LogP contribution in [0.3, 0.4) is 0 Å². The molecule has 29 heavy (non-hydrogen) atoms. The van der Waals surface area contributed by atoms with Crippen LogP contribution in [0.5, 0.6) is 0 Å². The molecule has 0 aliphatic heterocycles. The van der Waals surface area contributed by atoms with Gasteiger partial charge in [-0.2, -0.15) is 0 Å². The third kappa shape index (κ3) is 6.66. The zero-order valence-electron chi connectivity index (χ0n) is 18.2. The van der Waals surface area contributed by atoms with Crippen LogP contribution >= 0.6 is 0 Å². The van der Waals surface area contributed by atoms with Crippen LogP contribution in [0.15, 0.2) is 41.0 Å². The van der Waals surface area contributed by atoms with Crippen LogP contribution in [0.4, 0.5) is 11.4 Å². The van der Waals surface area contributed by atoms with E-state index in [0.29, 0.717) is 31.2 Å². The molecule has 0 fully saturated rings. The van der Waals surface area contributed by atoms with E-state index in [1.165, 1.54) is 6.26 Å². The largest absolute Gasteiger partial charge is 0.459 e. The van der Waals surface area contributed by atoms with Crippen LogP contribution < -0.4 is 10.2 Å². The van der Waals surface area contributed by atoms with Crippen molar-refractivity contribution in [2.45, 2.75) is 46.6 Å². The number of benzene rings is 1. The minimum absolute atomic E-state index is 0.0149. The molecule has 2 rings (SSSR count). The number of furan rings is 1. The summed E-state index contributed by atoms with van der Waals surface area (Å²) >= 11 is 0. The van der Waals surface area contributed by atoms with E-state index in [1.807, 2.05) is 37.2 Å². The lowest BCUT2D eigenvalue weighted by atomic mass is 10.1. The van der Waals surface area contributed by atoms with Gasteiger partial charge < -0.3 is 19.5 Å². The van der Waals surface area contributed by atoms with Gasteiger partial charge in [0.15, 0.2) is 5.76 Å². The lowest BCUT2D eigenvalue weighted by Crippen LogP contribution is -2.34. The molecule has 0 bridgehead atoms. The molecule has 0 aliphatic carbocycles. The van der Waals surface area contributed by atoms with Crippen LogP contribution in [0, 0.1) is 5.92 Å². The normalized spacial score (nSPS) is 10.8. The predicted molar refractivity (Wildman–Crippen MR) is 117 cm³/mol. The summed E-state index contributed by atoms with van der Waals surface area (Å²) in [5.74, 6) is 0.529. The Morgan fingerprint density at radius 1 is 1.17 bits per heavy atom. The molecule has 0 spiro atoms. The summed E-state index contributed by atoms with van der Waals surface area (Å²) in [7, 11) is 3.94. The number of hydrogen-bond donors (Lipinski definition) is 1. The van der Waals surface area contributed by atoms with Gasteiger partial charge in [-0.25, -0.2) is 0 Å². The maximum Gasteiger partial charge on any atom is 0.289 e. The number of unbranched alkanes of at least 4 members (excludes halogenated alkanes) is 1. The Hall–Kier alpha value is -2.76. The number of carbonyl (C=O) groups excluding carboxylic acids is 2. The van der Waals surface area contributed by atoms with E-state index in [1.54, 1.807) is 17.0 Å². The standard InChI is InChI=1S/C23H33N3O3/c1-6-7-10-22(27)24-19-11-12-20(25(4)5)18(14-19)16-26(15-17(2)3)23(28)21-9-8-13-29-21/h8-9,11-14,17H,6-7,10,15-16H2,1-5H3,(H,24,27). The minimum Gasteiger partial charge on any atom is -0.459 e. The molecule has 2 amide bonds. The number of amides is 2.